The lowest BCUT2D eigenvalue weighted by Crippen LogP contribution is -1.96. The molecule has 0 aromatic rings. The summed E-state index contributed by atoms with van der Waals surface area (Å²) in [7, 11) is 1.63. The smallest absolute Gasteiger partial charge is 0.0734 e. The van der Waals surface area contributed by atoms with Crippen LogP contribution in [0.4, 0.5) is 0 Å². The maximum atomic E-state index is 5.31. The van der Waals surface area contributed by atoms with E-state index < -0.39 is 0 Å². The van der Waals surface area contributed by atoms with Crippen LogP contribution in [0.5, 0.6) is 0 Å². The molecule has 0 radical (unpaired) electrons. The Kier molecular flexibility index (Phi) is 2.75. The summed E-state index contributed by atoms with van der Waals surface area (Å²) in [6, 6.07) is 0. The van der Waals surface area contributed by atoms with E-state index in [-0.39, 0.29) is 0 Å². The Hall–Kier alpha value is -1.44. The Morgan fingerprint density at radius 2 is 2.25 bits per heavy atom. The zero-order valence-corrected chi connectivity index (χ0v) is 7.05. The third-order valence-electron chi connectivity index (χ3n) is 1.82. The quantitative estimate of drug-likeness (QED) is 0.554. The van der Waals surface area contributed by atoms with Crippen LogP contribution in [0.25, 0.3) is 0 Å². The monoisotopic (exact) mass is 158 g/mol. The van der Waals surface area contributed by atoms with Gasteiger partial charge in [-0.15, -0.1) is 12.8 Å². The molecule has 0 heterocycles. The maximum Gasteiger partial charge on any atom is 0.0734 e. The molecule has 1 rings (SSSR count). The molecule has 0 saturated heterocycles. The number of ether oxygens (including phenoxy) is 1. The molecule has 0 spiro atoms. The van der Waals surface area contributed by atoms with Crippen LogP contribution in [-0.4, -0.2) is 13.7 Å². The van der Waals surface area contributed by atoms with E-state index >= 15 is 0 Å². The minimum atomic E-state index is 0.509. The standard InChI is InChI=1S/C11H10O/c1-4-9-6-7-10(5-2)11(9)8-12-3/h1-2,6H,7-8H2,3H3. The second-order valence-corrected chi connectivity index (χ2v) is 2.50. The molecule has 60 valence electrons. The molecule has 0 aromatic carbocycles. The third-order valence-corrected chi connectivity index (χ3v) is 1.82. The maximum absolute atomic E-state index is 5.31. The average molecular weight is 158 g/mol. The summed E-state index contributed by atoms with van der Waals surface area (Å²) >= 11 is 0. The minimum Gasteiger partial charge on any atom is -0.380 e. The van der Waals surface area contributed by atoms with Crippen LogP contribution in [0.2, 0.25) is 0 Å². The van der Waals surface area contributed by atoms with E-state index in [1.807, 2.05) is 6.08 Å². The number of methoxy groups -OCH3 is 1. The second kappa shape index (κ2) is 3.81. The van der Waals surface area contributed by atoms with Crippen LogP contribution in [0.3, 0.4) is 0 Å². The number of hydrogen-bond donors (Lipinski definition) is 0. The summed E-state index contributed by atoms with van der Waals surface area (Å²) in [5.41, 5.74) is 2.82. The van der Waals surface area contributed by atoms with Crippen LogP contribution < -0.4 is 0 Å². The topological polar surface area (TPSA) is 9.23 Å². The highest BCUT2D eigenvalue weighted by molar-refractivity contribution is 5.56. The van der Waals surface area contributed by atoms with Crippen molar-refractivity contribution in [2.45, 2.75) is 6.42 Å². The summed E-state index contributed by atoms with van der Waals surface area (Å²) in [5, 5.41) is 0. The second-order valence-electron chi connectivity index (χ2n) is 2.50. The van der Waals surface area contributed by atoms with Gasteiger partial charge in [-0.25, -0.2) is 0 Å². The van der Waals surface area contributed by atoms with Crippen LogP contribution in [0.15, 0.2) is 22.8 Å². The van der Waals surface area contributed by atoms with Gasteiger partial charge >= 0.3 is 0 Å². The predicted molar refractivity (Wildman–Crippen MR) is 49.3 cm³/mol. The first-order valence-electron chi connectivity index (χ1n) is 3.68. The van der Waals surface area contributed by atoms with Crippen LogP contribution in [0.1, 0.15) is 6.42 Å². The highest BCUT2D eigenvalue weighted by Crippen LogP contribution is 2.25. The summed E-state index contributed by atoms with van der Waals surface area (Å²) < 4.78 is 5.00. The van der Waals surface area contributed by atoms with E-state index in [1.54, 1.807) is 7.11 Å². The molecule has 0 amide bonds. The van der Waals surface area contributed by atoms with Crippen molar-refractivity contribution >= 4 is 0 Å². The lowest BCUT2D eigenvalue weighted by Gasteiger charge is -2.02. The fourth-order valence-electron chi connectivity index (χ4n) is 1.21. The molecule has 0 fully saturated rings. The van der Waals surface area contributed by atoms with E-state index in [0.717, 1.165) is 23.1 Å². The van der Waals surface area contributed by atoms with Gasteiger partial charge in [-0.05, 0) is 0 Å². The number of hydrogen-bond acceptors (Lipinski definition) is 1. The Labute approximate surface area is 73.1 Å². The molecule has 0 aliphatic heterocycles. The predicted octanol–water partition coefficient (Wildman–Crippen LogP) is 1.53. The number of allylic oxidation sites excluding steroid dienone is 2. The molecule has 12 heavy (non-hydrogen) atoms. The Morgan fingerprint density at radius 1 is 1.50 bits per heavy atom. The molecule has 1 aliphatic carbocycles. The van der Waals surface area contributed by atoms with Gasteiger partial charge in [0.2, 0.25) is 0 Å². The molecular formula is C11H10O. The van der Waals surface area contributed by atoms with Crippen molar-refractivity contribution in [3.63, 3.8) is 0 Å². The van der Waals surface area contributed by atoms with E-state index in [2.05, 4.69) is 11.8 Å². The highest BCUT2D eigenvalue weighted by Gasteiger charge is 2.13. The van der Waals surface area contributed by atoms with Gasteiger partial charge in [0.15, 0.2) is 0 Å². The third kappa shape index (κ3) is 1.42. The number of rotatable bonds is 2. The Morgan fingerprint density at radius 3 is 2.75 bits per heavy atom. The summed E-state index contributed by atoms with van der Waals surface area (Å²) in [5.74, 6) is 5.21. The summed E-state index contributed by atoms with van der Waals surface area (Å²) in [4.78, 5) is 0. The van der Waals surface area contributed by atoms with E-state index in [9.17, 15) is 0 Å². The molecule has 0 N–H and O–H groups in total. The van der Waals surface area contributed by atoms with Gasteiger partial charge in [0.1, 0.15) is 0 Å². The largest absolute Gasteiger partial charge is 0.380 e. The van der Waals surface area contributed by atoms with Crippen LogP contribution >= 0.6 is 0 Å². The van der Waals surface area contributed by atoms with Crippen LogP contribution in [-0.2, 0) is 4.74 Å². The lowest BCUT2D eigenvalue weighted by molar-refractivity contribution is 0.227. The SMILES string of the molecule is C#CC1=CCC(C#C)=C1COC. The van der Waals surface area contributed by atoms with Crippen molar-refractivity contribution in [2.75, 3.05) is 13.7 Å². The van der Waals surface area contributed by atoms with Gasteiger partial charge in [-0.2, -0.15) is 0 Å². The molecule has 0 bridgehead atoms. The van der Waals surface area contributed by atoms with E-state index in [1.165, 1.54) is 0 Å². The molecule has 0 aromatic heterocycles. The van der Waals surface area contributed by atoms with Crippen molar-refractivity contribution < 1.29 is 4.74 Å². The highest BCUT2D eigenvalue weighted by atomic mass is 16.5. The average Bonchev–Trinajstić information content (AvgIpc) is 2.48. The first-order chi connectivity index (χ1) is 5.83. The van der Waals surface area contributed by atoms with Gasteiger partial charge in [-0.1, -0.05) is 17.9 Å². The van der Waals surface area contributed by atoms with Crippen molar-refractivity contribution in [2.24, 2.45) is 0 Å². The molecule has 0 unspecified atom stereocenters. The fraction of sp³-hybridized carbons (Fsp3) is 0.273. The first-order valence-corrected chi connectivity index (χ1v) is 3.68. The fourth-order valence-corrected chi connectivity index (χ4v) is 1.21. The van der Waals surface area contributed by atoms with Gasteiger partial charge < -0.3 is 4.74 Å². The molecule has 1 heteroatoms. The van der Waals surface area contributed by atoms with Gasteiger partial charge in [0, 0.05) is 30.2 Å². The van der Waals surface area contributed by atoms with Crippen molar-refractivity contribution in [1.82, 2.24) is 0 Å². The molecule has 0 atom stereocenters. The zero-order valence-electron chi connectivity index (χ0n) is 7.05. The normalized spacial score (nSPS) is 15.4. The van der Waals surface area contributed by atoms with E-state index in [4.69, 9.17) is 17.6 Å². The minimum absolute atomic E-state index is 0.509. The van der Waals surface area contributed by atoms with Gasteiger partial charge in [-0.3, -0.25) is 0 Å². The first kappa shape index (κ1) is 8.65. The molecule has 0 saturated carbocycles. The van der Waals surface area contributed by atoms with Crippen molar-refractivity contribution in [3.8, 4) is 24.7 Å². The summed E-state index contributed by atoms with van der Waals surface area (Å²) in [6.07, 6.45) is 13.3. The number of terminal acetylenes is 2. The zero-order chi connectivity index (χ0) is 8.97. The molecule has 1 aliphatic rings. The van der Waals surface area contributed by atoms with Crippen molar-refractivity contribution in [3.05, 3.63) is 22.8 Å². The van der Waals surface area contributed by atoms with E-state index in [0.29, 0.717) is 6.61 Å². The van der Waals surface area contributed by atoms with Crippen molar-refractivity contribution in [1.29, 1.82) is 0 Å². The van der Waals surface area contributed by atoms with Crippen LogP contribution in [0, 0.1) is 24.7 Å². The Bertz CT molecular complexity index is 318. The van der Waals surface area contributed by atoms with Gasteiger partial charge in [0.05, 0.1) is 6.61 Å². The Balaban J connectivity index is 2.94. The molecular weight excluding hydrogens is 148 g/mol. The molecule has 1 nitrogen and oxygen atoms in total. The lowest BCUT2D eigenvalue weighted by atomic mass is 10.1. The summed E-state index contributed by atoms with van der Waals surface area (Å²) in [6.45, 7) is 0.509. The van der Waals surface area contributed by atoms with Gasteiger partial charge in [0.25, 0.3) is 0 Å².